The molecule has 10 heteroatoms. The molecule has 6 N–H and O–H groups in total. The summed E-state index contributed by atoms with van der Waals surface area (Å²) in [6, 6.07) is 4.53. The maximum atomic E-state index is 14.2. The number of allylic oxidation sites excluding steroid dienone is 2. The third kappa shape index (κ3) is 3.60. The van der Waals surface area contributed by atoms with E-state index in [-0.39, 0.29) is 23.5 Å². The maximum Gasteiger partial charge on any atom is 0.267 e. The predicted octanol–water partition coefficient (Wildman–Crippen LogP) is 1.07. The Kier molecular flexibility index (Phi) is 4.61. The number of amides is 1. The van der Waals surface area contributed by atoms with Crippen molar-refractivity contribution in [3.8, 4) is 0 Å². The lowest BCUT2D eigenvalue weighted by Crippen LogP contribution is -2.38. The van der Waals surface area contributed by atoms with Gasteiger partial charge in [-0.05, 0) is 43.2 Å². The largest absolute Gasteiger partial charge is 0.394 e. The van der Waals surface area contributed by atoms with Crippen molar-refractivity contribution in [3.05, 3.63) is 77.3 Å². The van der Waals surface area contributed by atoms with Gasteiger partial charge in [0.2, 0.25) is 0 Å². The summed E-state index contributed by atoms with van der Waals surface area (Å²) in [6.45, 7) is 0.598. The molecule has 0 spiro atoms. The number of carbonyl (C=O) groups excluding carboxylic acids is 1. The summed E-state index contributed by atoms with van der Waals surface area (Å²) in [7, 11) is 0. The SMILES string of the molecule is N/C(=C\C=C(/N)N1CCc2[nH]cnc2C1c1cc2c(F)cccn2n1)C(=O)NC1CC1. The number of aromatic amines is 1. The molecule has 0 radical (unpaired) electrons. The van der Waals surface area contributed by atoms with Gasteiger partial charge in [0.1, 0.15) is 17.4 Å². The molecule has 4 heterocycles. The minimum Gasteiger partial charge on any atom is -0.394 e. The standard InChI is InChI=1S/C21H23FN8O/c22-13-2-1-8-30-17(13)10-16(28-30)20-19-15(25-11-26-19)7-9-29(20)18(24)6-5-14(23)21(31)27-12-3-4-12/h1-2,5-6,8,10-12,20H,3-4,7,9,23-24H2,(H,25,26)(H,27,31)/b14-5-,18-6+. The first kappa shape index (κ1) is 19.2. The molecule has 3 aromatic heterocycles. The van der Waals surface area contributed by atoms with Crippen LogP contribution in [0, 0.1) is 5.82 Å². The zero-order valence-corrected chi connectivity index (χ0v) is 16.8. The van der Waals surface area contributed by atoms with Gasteiger partial charge in [-0.15, -0.1) is 0 Å². The monoisotopic (exact) mass is 422 g/mol. The summed E-state index contributed by atoms with van der Waals surface area (Å²) in [5, 5.41) is 7.41. The second kappa shape index (κ2) is 7.46. The molecule has 3 aromatic rings. The Hall–Kier alpha value is -3.82. The van der Waals surface area contributed by atoms with Crippen LogP contribution in [-0.4, -0.2) is 43.0 Å². The fraction of sp³-hybridized carbons (Fsp3) is 0.286. The van der Waals surface area contributed by atoms with Crippen LogP contribution in [0.25, 0.3) is 5.52 Å². The van der Waals surface area contributed by atoms with Crippen LogP contribution in [0.3, 0.4) is 0 Å². The van der Waals surface area contributed by atoms with E-state index >= 15 is 0 Å². The van der Waals surface area contributed by atoms with Crippen LogP contribution in [0.5, 0.6) is 0 Å². The van der Waals surface area contributed by atoms with Gasteiger partial charge in [-0.3, -0.25) is 4.79 Å². The number of pyridine rings is 1. The first-order chi connectivity index (χ1) is 15.0. The molecule has 0 bridgehead atoms. The van der Waals surface area contributed by atoms with Crippen molar-refractivity contribution in [2.75, 3.05) is 6.54 Å². The molecule has 31 heavy (non-hydrogen) atoms. The molecule has 1 aliphatic heterocycles. The fourth-order valence-corrected chi connectivity index (χ4v) is 3.83. The van der Waals surface area contributed by atoms with Crippen molar-refractivity contribution >= 4 is 11.4 Å². The zero-order valence-electron chi connectivity index (χ0n) is 16.8. The van der Waals surface area contributed by atoms with Crippen molar-refractivity contribution in [1.82, 2.24) is 29.8 Å². The second-order valence-corrected chi connectivity index (χ2v) is 7.83. The summed E-state index contributed by atoms with van der Waals surface area (Å²) in [4.78, 5) is 21.6. The number of halogens is 1. The van der Waals surface area contributed by atoms with E-state index in [0.29, 0.717) is 30.0 Å². The quantitative estimate of drug-likeness (QED) is 0.359. The average molecular weight is 422 g/mol. The van der Waals surface area contributed by atoms with E-state index in [4.69, 9.17) is 11.5 Å². The highest BCUT2D eigenvalue weighted by molar-refractivity contribution is 5.93. The van der Waals surface area contributed by atoms with E-state index in [1.54, 1.807) is 30.7 Å². The van der Waals surface area contributed by atoms with Crippen LogP contribution in [0.1, 0.15) is 36.0 Å². The Balaban J connectivity index is 1.49. The van der Waals surface area contributed by atoms with Crippen LogP contribution >= 0.6 is 0 Å². The minimum absolute atomic E-state index is 0.0960. The highest BCUT2D eigenvalue weighted by Crippen LogP contribution is 2.34. The number of hydrogen-bond donors (Lipinski definition) is 4. The summed E-state index contributed by atoms with van der Waals surface area (Å²) < 4.78 is 15.8. The van der Waals surface area contributed by atoms with Crippen LogP contribution in [0.2, 0.25) is 0 Å². The molecule has 1 saturated carbocycles. The van der Waals surface area contributed by atoms with Gasteiger partial charge < -0.3 is 26.7 Å². The molecule has 1 amide bonds. The van der Waals surface area contributed by atoms with Gasteiger partial charge in [-0.2, -0.15) is 5.10 Å². The topological polar surface area (TPSA) is 130 Å². The van der Waals surface area contributed by atoms with E-state index in [2.05, 4.69) is 20.4 Å². The van der Waals surface area contributed by atoms with Crippen LogP contribution in [-0.2, 0) is 11.2 Å². The number of imidazole rings is 1. The smallest absolute Gasteiger partial charge is 0.267 e. The Morgan fingerprint density at radius 2 is 2.16 bits per heavy atom. The average Bonchev–Trinajstić information content (AvgIpc) is 3.26. The van der Waals surface area contributed by atoms with Crippen LogP contribution in [0.4, 0.5) is 4.39 Å². The highest BCUT2D eigenvalue weighted by atomic mass is 19.1. The first-order valence-corrected chi connectivity index (χ1v) is 10.2. The number of H-pyrrole nitrogens is 1. The van der Waals surface area contributed by atoms with Crippen molar-refractivity contribution in [2.24, 2.45) is 11.5 Å². The number of nitrogens with one attached hydrogen (secondary N) is 2. The Morgan fingerprint density at radius 3 is 2.94 bits per heavy atom. The van der Waals surface area contributed by atoms with Crippen molar-refractivity contribution in [2.45, 2.75) is 31.3 Å². The molecule has 1 atom stereocenters. The summed E-state index contributed by atoms with van der Waals surface area (Å²) >= 11 is 0. The van der Waals surface area contributed by atoms with Crippen molar-refractivity contribution < 1.29 is 9.18 Å². The summed E-state index contributed by atoms with van der Waals surface area (Å²) in [6.07, 6.45) is 9.13. The van der Waals surface area contributed by atoms with E-state index in [1.807, 2.05) is 4.90 Å². The number of fused-ring (bicyclic) bond motifs is 2. The van der Waals surface area contributed by atoms with E-state index in [9.17, 15) is 9.18 Å². The van der Waals surface area contributed by atoms with Gasteiger partial charge in [-0.1, -0.05) is 0 Å². The minimum atomic E-state index is -0.402. The Bertz CT molecular complexity index is 1210. The lowest BCUT2D eigenvalue weighted by Gasteiger charge is -2.35. The number of nitrogens with zero attached hydrogens (tertiary/aromatic N) is 4. The fourth-order valence-electron chi connectivity index (χ4n) is 3.83. The van der Waals surface area contributed by atoms with Gasteiger partial charge in [0.05, 0.1) is 29.2 Å². The molecular weight excluding hydrogens is 399 g/mol. The highest BCUT2D eigenvalue weighted by Gasteiger charge is 2.33. The van der Waals surface area contributed by atoms with Gasteiger partial charge in [0, 0.05) is 30.9 Å². The molecule has 2 aliphatic rings. The van der Waals surface area contributed by atoms with Gasteiger partial charge >= 0.3 is 0 Å². The van der Waals surface area contributed by atoms with E-state index in [0.717, 1.165) is 24.2 Å². The van der Waals surface area contributed by atoms with E-state index < -0.39 is 6.04 Å². The third-order valence-corrected chi connectivity index (χ3v) is 5.61. The molecule has 160 valence electrons. The lowest BCUT2D eigenvalue weighted by molar-refractivity contribution is -0.117. The van der Waals surface area contributed by atoms with Crippen LogP contribution < -0.4 is 16.8 Å². The predicted molar refractivity (Wildman–Crippen MR) is 112 cm³/mol. The maximum absolute atomic E-state index is 14.2. The number of rotatable bonds is 5. The summed E-state index contributed by atoms with van der Waals surface area (Å²) in [5.41, 5.74) is 15.2. The molecular formula is C21H23FN8O. The second-order valence-electron chi connectivity index (χ2n) is 7.83. The molecule has 0 saturated heterocycles. The summed E-state index contributed by atoms with van der Waals surface area (Å²) in [5.74, 6) is -0.239. The molecule has 0 aromatic carbocycles. The van der Waals surface area contributed by atoms with Crippen molar-refractivity contribution in [3.63, 3.8) is 0 Å². The molecule has 1 unspecified atom stereocenters. The first-order valence-electron chi connectivity index (χ1n) is 10.2. The van der Waals surface area contributed by atoms with Crippen LogP contribution in [0.15, 0.2) is 54.4 Å². The Morgan fingerprint density at radius 1 is 1.32 bits per heavy atom. The normalized spacial score (nSPS) is 19.5. The number of hydrogen-bond acceptors (Lipinski definition) is 6. The third-order valence-electron chi connectivity index (χ3n) is 5.61. The molecule has 1 fully saturated rings. The molecule has 9 nitrogen and oxygen atoms in total. The van der Waals surface area contributed by atoms with E-state index in [1.165, 1.54) is 16.7 Å². The van der Waals surface area contributed by atoms with Gasteiger partial charge in [0.15, 0.2) is 0 Å². The van der Waals surface area contributed by atoms with Crippen molar-refractivity contribution in [1.29, 1.82) is 0 Å². The molecule has 5 rings (SSSR count). The zero-order chi connectivity index (χ0) is 21.5. The van der Waals surface area contributed by atoms with Gasteiger partial charge in [0.25, 0.3) is 5.91 Å². The Labute approximate surface area is 177 Å². The molecule has 1 aliphatic carbocycles. The number of carbonyl (C=O) groups is 1. The number of aromatic nitrogens is 4. The lowest BCUT2D eigenvalue weighted by atomic mass is 9.99. The number of nitrogens with two attached hydrogens (primary N) is 2. The van der Waals surface area contributed by atoms with Gasteiger partial charge in [-0.25, -0.2) is 13.9 Å².